The van der Waals surface area contributed by atoms with E-state index in [0.29, 0.717) is 48.3 Å². The molecule has 224 valence electrons. The van der Waals surface area contributed by atoms with E-state index in [1.807, 2.05) is 24.3 Å². The number of benzene rings is 2. The van der Waals surface area contributed by atoms with Crippen LogP contribution in [0.25, 0.3) is 22.6 Å². The molecule has 42 heavy (non-hydrogen) atoms. The Bertz CT molecular complexity index is 1470. The molecule has 0 spiro atoms. The van der Waals surface area contributed by atoms with Crippen LogP contribution in [0.2, 0.25) is 0 Å². The molecule has 0 saturated carbocycles. The van der Waals surface area contributed by atoms with Crippen LogP contribution in [0.5, 0.6) is 0 Å². The summed E-state index contributed by atoms with van der Waals surface area (Å²) in [6.07, 6.45) is 4.59. The lowest BCUT2D eigenvalue weighted by molar-refractivity contribution is -0.117. The van der Waals surface area contributed by atoms with Gasteiger partial charge in [-0.1, -0.05) is 39.8 Å². The van der Waals surface area contributed by atoms with E-state index in [4.69, 9.17) is 4.98 Å². The predicted molar refractivity (Wildman–Crippen MR) is 172 cm³/mol. The van der Waals surface area contributed by atoms with Crippen LogP contribution in [0.1, 0.15) is 64.8 Å². The zero-order valence-electron chi connectivity index (χ0n) is 25.4. The number of allylic oxidation sites excluding steroid dienone is 1. The van der Waals surface area contributed by atoms with Gasteiger partial charge in [-0.05, 0) is 86.6 Å². The number of fused-ring (bicyclic) bond motifs is 2. The molecule has 0 fully saturated rings. The summed E-state index contributed by atoms with van der Waals surface area (Å²) in [7, 11) is 0. The van der Waals surface area contributed by atoms with Gasteiger partial charge in [-0.2, -0.15) is 0 Å². The van der Waals surface area contributed by atoms with Gasteiger partial charge in [-0.15, -0.1) is 0 Å². The average molecular weight is 573 g/mol. The minimum absolute atomic E-state index is 0.00381. The van der Waals surface area contributed by atoms with E-state index in [1.165, 1.54) is 0 Å². The van der Waals surface area contributed by atoms with Crippen molar-refractivity contribution in [2.24, 2.45) is 0 Å². The minimum Gasteiger partial charge on any atom is -0.326 e. The largest absolute Gasteiger partial charge is 0.326 e. The third-order valence-corrected chi connectivity index (χ3v) is 7.99. The SMILES string of the molecule is CCN(CC)CCC(=O)Nc1ccc(/C=C2\CCCn3c2nc2cc(NC(=O)CCN(CC)CC)ccc2c3=O)cc1. The van der Waals surface area contributed by atoms with Crippen molar-refractivity contribution in [2.45, 2.75) is 59.9 Å². The van der Waals surface area contributed by atoms with Crippen LogP contribution in [-0.4, -0.2) is 70.4 Å². The van der Waals surface area contributed by atoms with Gasteiger partial charge in [0, 0.05) is 43.9 Å². The lowest BCUT2D eigenvalue weighted by Gasteiger charge is -2.21. The number of carbonyl (C=O) groups excluding carboxylic acids is 2. The van der Waals surface area contributed by atoms with E-state index in [2.05, 4.69) is 54.2 Å². The Morgan fingerprint density at radius 1 is 0.857 bits per heavy atom. The number of nitrogens with zero attached hydrogens (tertiary/aromatic N) is 4. The Kier molecular flexibility index (Phi) is 11.0. The van der Waals surface area contributed by atoms with Crippen LogP contribution >= 0.6 is 0 Å². The molecule has 1 aliphatic rings. The fraction of sp³-hybridized carbons (Fsp3) is 0.455. The molecule has 2 amide bonds. The molecule has 0 unspecified atom stereocenters. The molecule has 1 aliphatic heterocycles. The number of carbonyl (C=O) groups is 2. The van der Waals surface area contributed by atoms with E-state index >= 15 is 0 Å². The highest BCUT2D eigenvalue weighted by Gasteiger charge is 2.19. The van der Waals surface area contributed by atoms with Crippen molar-refractivity contribution in [1.29, 1.82) is 0 Å². The second kappa shape index (κ2) is 14.9. The molecular formula is C33H44N6O3. The lowest BCUT2D eigenvalue weighted by atomic mass is 10.0. The smallest absolute Gasteiger partial charge is 0.261 e. The van der Waals surface area contributed by atoms with E-state index in [0.717, 1.165) is 62.4 Å². The first-order chi connectivity index (χ1) is 20.3. The predicted octanol–water partition coefficient (Wildman–Crippen LogP) is 5.07. The number of aromatic nitrogens is 2. The number of hydrogen-bond acceptors (Lipinski definition) is 6. The summed E-state index contributed by atoms with van der Waals surface area (Å²) >= 11 is 0. The van der Waals surface area contributed by atoms with Gasteiger partial charge < -0.3 is 20.4 Å². The zero-order chi connectivity index (χ0) is 30.1. The second-order valence-corrected chi connectivity index (χ2v) is 10.7. The summed E-state index contributed by atoms with van der Waals surface area (Å²) in [5, 5.41) is 6.49. The van der Waals surface area contributed by atoms with E-state index < -0.39 is 0 Å². The van der Waals surface area contributed by atoms with Gasteiger partial charge in [0.1, 0.15) is 5.82 Å². The zero-order valence-corrected chi connectivity index (χ0v) is 25.4. The maximum atomic E-state index is 13.4. The monoisotopic (exact) mass is 572 g/mol. The fourth-order valence-electron chi connectivity index (χ4n) is 5.34. The van der Waals surface area contributed by atoms with Crippen molar-refractivity contribution in [2.75, 3.05) is 49.9 Å². The molecule has 0 bridgehead atoms. The number of nitrogens with one attached hydrogen (secondary N) is 2. The maximum absolute atomic E-state index is 13.4. The van der Waals surface area contributed by atoms with Gasteiger partial charge in [-0.3, -0.25) is 19.0 Å². The number of hydrogen-bond donors (Lipinski definition) is 2. The van der Waals surface area contributed by atoms with Gasteiger partial charge in [0.05, 0.1) is 10.9 Å². The molecule has 0 saturated heterocycles. The van der Waals surface area contributed by atoms with Crippen LogP contribution in [-0.2, 0) is 16.1 Å². The van der Waals surface area contributed by atoms with Gasteiger partial charge >= 0.3 is 0 Å². The Morgan fingerprint density at radius 2 is 1.43 bits per heavy atom. The molecular weight excluding hydrogens is 528 g/mol. The number of rotatable bonds is 13. The van der Waals surface area contributed by atoms with Crippen molar-refractivity contribution < 1.29 is 9.59 Å². The lowest BCUT2D eigenvalue weighted by Crippen LogP contribution is -2.28. The van der Waals surface area contributed by atoms with E-state index in [-0.39, 0.29) is 17.4 Å². The molecule has 0 radical (unpaired) electrons. The first-order valence-electron chi connectivity index (χ1n) is 15.2. The first kappa shape index (κ1) is 31.1. The topological polar surface area (TPSA) is 99.6 Å². The maximum Gasteiger partial charge on any atom is 0.261 e. The minimum atomic E-state index is -0.0669. The average Bonchev–Trinajstić information content (AvgIpc) is 2.99. The Morgan fingerprint density at radius 3 is 2.02 bits per heavy atom. The summed E-state index contributed by atoms with van der Waals surface area (Å²) in [6.45, 7) is 14.1. The molecule has 2 N–H and O–H groups in total. The number of amides is 2. The van der Waals surface area contributed by atoms with E-state index in [1.54, 1.807) is 22.8 Å². The van der Waals surface area contributed by atoms with Gasteiger partial charge in [-0.25, -0.2) is 4.98 Å². The summed E-state index contributed by atoms with van der Waals surface area (Å²) in [5.74, 6) is 0.613. The van der Waals surface area contributed by atoms with Crippen molar-refractivity contribution in [3.63, 3.8) is 0 Å². The van der Waals surface area contributed by atoms with Gasteiger partial charge in [0.15, 0.2) is 0 Å². The normalized spacial score (nSPS) is 14.0. The first-order valence-corrected chi connectivity index (χ1v) is 15.2. The molecule has 9 heteroatoms. The molecule has 0 aliphatic carbocycles. The summed E-state index contributed by atoms with van der Waals surface area (Å²) in [5.41, 5.74) is 3.87. The summed E-state index contributed by atoms with van der Waals surface area (Å²) < 4.78 is 1.75. The standard InChI is InChI=1S/C33H44N6O3/c1-5-37(6-2)20-17-30(40)34-26-13-11-24(12-14-26)22-25-10-9-19-39-32(25)36-29-23-27(15-16-28(29)33(39)42)35-31(41)18-21-38(7-3)8-4/h11-16,22-23H,5-10,17-21H2,1-4H3,(H,34,40)(H,35,41)/b25-22+. The highest BCUT2D eigenvalue weighted by Crippen LogP contribution is 2.28. The third kappa shape index (κ3) is 7.92. The van der Waals surface area contributed by atoms with Crippen LogP contribution in [0, 0.1) is 0 Å². The van der Waals surface area contributed by atoms with E-state index in [9.17, 15) is 14.4 Å². The van der Waals surface area contributed by atoms with Gasteiger partial charge in [0.2, 0.25) is 11.8 Å². The summed E-state index contributed by atoms with van der Waals surface area (Å²) in [4.78, 5) is 47.7. The molecule has 2 aromatic carbocycles. The van der Waals surface area contributed by atoms with Gasteiger partial charge in [0.25, 0.3) is 5.56 Å². The summed E-state index contributed by atoms with van der Waals surface area (Å²) in [6, 6.07) is 13.1. The Hall–Kier alpha value is -3.82. The molecule has 2 heterocycles. The fourth-order valence-corrected chi connectivity index (χ4v) is 5.34. The molecule has 3 aromatic rings. The Balaban J connectivity index is 1.50. The number of anilines is 2. The van der Waals surface area contributed by atoms with Crippen LogP contribution in [0.3, 0.4) is 0 Å². The quantitative estimate of drug-likeness (QED) is 0.297. The van der Waals surface area contributed by atoms with Crippen molar-refractivity contribution >= 4 is 45.7 Å². The molecule has 9 nitrogen and oxygen atoms in total. The highest BCUT2D eigenvalue weighted by atomic mass is 16.2. The highest BCUT2D eigenvalue weighted by molar-refractivity contribution is 5.94. The van der Waals surface area contributed by atoms with Crippen molar-refractivity contribution in [1.82, 2.24) is 19.4 Å². The van der Waals surface area contributed by atoms with Crippen LogP contribution in [0.15, 0.2) is 47.3 Å². The second-order valence-electron chi connectivity index (χ2n) is 10.7. The van der Waals surface area contributed by atoms with Crippen LogP contribution in [0.4, 0.5) is 11.4 Å². The molecule has 4 rings (SSSR count). The van der Waals surface area contributed by atoms with Crippen molar-refractivity contribution in [3.05, 3.63) is 64.2 Å². The Labute approximate surface area is 248 Å². The van der Waals surface area contributed by atoms with Crippen molar-refractivity contribution in [3.8, 4) is 0 Å². The molecule has 0 atom stereocenters. The molecule has 1 aromatic heterocycles. The van der Waals surface area contributed by atoms with Crippen LogP contribution < -0.4 is 16.2 Å². The third-order valence-electron chi connectivity index (χ3n) is 7.99.